The number of aromatic amines is 1. The monoisotopic (exact) mass is 431 g/mol. The van der Waals surface area contributed by atoms with Crippen molar-refractivity contribution in [3.8, 4) is 0 Å². The molecule has 2 heterocycles. The average Bonchev–Trinajstić information content (AvgIpc) is 3.10. The van der Waals surface area contributed by atoms with Crippen LogP contribution < -0.4 is 0 Å². The number of benzene rings is 2. The first-order valence-corrected chi connectivity index (χ1v) is 11.8. The van der Waals surface area contributed by atoms with Crippen LogP contribution in [0.5, 0.6) is 0 Å². The van der Waals surface area contributed by atoms with Gasteiger partial charge in [0, 0.05) is 47.2 Å². The van der Waals surface area contributed by atoms with E-state index in [-0.39, 0.29) is 12.0 Å². The highest BCUT2D eigenvalue weighted by atomic mass is 35.5. The van der Waals surface area contributed by atoms with Crippen LogP contribution in [-0.2, 0) is 10.2 Å². The fourth-order valence-electron chi connectivity index (χ4n) is 4.47. The van der Waals surface area contributed by atoms with E-state index < -0.39 is 10.2 Å². The number of rotatable bonds is 5. The lowest BCUT2D eigenvalue weighted by Gasteiger charge is -2.39. The molecule has 0 saturated heterocycles. The first kappa shape index (κ1) is 20.4. The van der Waals surface area contributed by atoms with Crippen LogP contribution in [-0.4, -0.2) is 41.6 Å². The molecular weight excluding hydrogens is 406 g/mol. The fraction of sp³-hybridized carbons (Fsp3) is 0.364. The van der Waals surface area contributed by atoms with Gasteiger partial charge in [-0.3, -0.25) is 0 Å². The number of aromatic nitrogens is 1. The van der Waals surface area contributed by atoms with Crippen LogP contribution in [0, 0.1) is 0 Å². The highest BCUT2D eigenvalue weighted by Gasteiger charge is 2.42. The fourth-order valence-corrected chi connectivity index (χ4v) is 6.53. The molecule has 4 rings (SSSR count). The lowest BCUT2D eigenvalue weighted by Crippen LogP contribution is -2.48. The van der Waals surface area contributed by atoms with Gasteiger partial charge in [-0.05, 0) is 30.2 Å². The number of nitrogens with zero attached hydrogens (tertiary/aromatic N) is 2. The van der Waals surface area contributed by atoms with E-state index in [1.807, 2.05) is 63.2 Å². The second-order valence-corrected chi connectivity index (χ2v) is 9.70. The standard InChI is InChI=1S/C22H26ClN3O2S/c1-4-25(5-2)29(27,28)26-14-18(16-10-6-8-12-19(16)23)21-17-11-7-9-13-20(17)24-22(21)15(26)3/h6-13,15,18,24H,4-5,14H2,1-3H3. The minimum Gasteiger partial charge on any atom is -0.357 e. The summed E-state index contributed by atoms with van der Waals surface area (Å²) in [6.45, 7) is 6.94. The highest BCUT2D eigenvalue weighted by Crippen LogP contribution is 2.45. The van der Waals surface area contributed by atoms with Crippen molar-refractivity contribution in [3.63, 3.8) is 0 Å². The normalized spacial score (nSPS) is 20.3. The Kier molecular flexibility index (Phi) is 5.46. The summed E-state index contributed by atoms with van der Waals surface area (Å²) in [6.07, 6.45) is 0. The van der Waals surface area contributed by atoms with Gasteiger partial charge in [0.1, 0.15) is 0 Å². The molecule has 0 amide bonds. The summed E-state index contributed by atoms with van der Waals surface area (Å²) in [7, 11) is -3.60. The van der Waals surface area contributed by atoms with Gasteiger partial charge in [-0.15, -0.1) is 0 Å². The number of nitrogens with one attached hydrogen (secondary N) is 1. The number of para-hydroxylation sites is 1. The van der Waals surface area contributed by atoms with Gasteiger partial charge in [-0.1, -0.05) is 61.8 Å². The zero-order valence-electron chi connectivity index (χ0n) is 16.9. The lowest BCUT2D eigenvalue weighted by atomic mass is 9.85. The second-order valence-electron chi connectivity index (χ2n) is 7.41. The van der Waals surface area contributed by atoms with Crippen LogP contribution >= 0.6 is 11.6 Å². The summed E-state index contributed by atoms with van der Waals surface area (Å²) in [4.78, 5) is 3.49. The molecule has 3 aromatic rings. The first-order valence-electron chi connectivity index (χ1n) is 10.0. The molecule has 2 aromatic carbocycles. The molecule has 1 aliphatic rings. The summed E-state index contributed by atoms with van der Waals surface area (Å²) in [5.41, 5.74) is 4.06. The highest BCUT2D eigenvalue weighted by molar-refractivity contribution is 7.86. The third-order valence-electron chi connectivity index (χ3n) is 5.95. The van der Waals surface area contributed by atoms with Crippen molar-refractivity contribution in [2.24, 2.45) is 0 Å². The maximum absolute atomic E-state index is 13.5. The summed E-state index contributed by atoms with van der Waals surface area (Å²) in [5, 5.41) is 1.78. The van der Waals surface area contributed by atoms with Gasteiger partial charge in [0.05, 0.1) is 6.04 Å². The van der Waals surface area contributed by atoms with Crippen LogP contribution in [0.15, 0.2) is 48.5 Å². The van der Waals surface area contributed by atoms with E-state index in [0.717, 1.165) is 27.7 Å². The van der Waals surface area contributed by atoms with Gasteiger partial charge in [-0.2, -0.15) is 17.0 Å². The van der Waals surface area contributed by atoms with E-state index in [9.17, 15) is 8.42 Å². The van der Waals surface area contributed by atoms with Gasteiger partial charge in [0.2, 0.25) is 0 Å². The SMILES string of the molecule is CCN(CC)S(=O)(=O)N1CC(c2ccccc2Cl)c2c([nH]c3ccccc23)C1C. The molecule has 1 aliphatic heterocycles. The molecule has 0 aliphatic carbocycles. The Hall–Kier alpha value is -1.86. The van der Waals surface area contributed by atoms with Crippen molar-refractivity contribution < 1.29 is 8.42 Å². The van der Waals surface area contributed by atoms with Crippen LogP contribution in [0.3, 0.4) is 0 Å². The molecular formula is C22H26ClN3O2S. The van der Waals surface area contributed by atoms with E-state index in [1.54, 1.807) is 4.31 Å². The number of hydrogen-bond acceptors (Lipinski definition) is 2. The molecule has 1 N–H and O–H groups in total. The predicted molar refractivity (Wildman–Crippen MR) is 119 cm³/mol. The smallest absolute Gasteiger partial charge is 0.282 e. The Bertz CT molecular complexity index is 1140. The third-order valence-corrected chi connectivity index (χ3v) is 8.52. The molecule has 2 unspecified atom stereocenters. The molecule has 0 saturated carbocycles. The average molecular weight is 432 g/mol. The van der Waals surface area contributed by atoms with Gasteiger partial charge in [0.25, 0.3) is 10.2 Å². The summed E-state index contributed by atoms with van der Waals surface area (Å²) in [6, 6.07) is 15.6. The van der Waals surface area contributed by atoms with E-state index in [1.165, 1.54) is 4.31 Å². The quantitative estimate of drug-likeness (QED) is 0.623. The Morgan fingerprint density at radius 3 is 2.45 bits per heavy atom. The van der Waals surface area contributed by atoms with Gasteiger partial charge < -0.3 is 4.98 Å². The second kappa shape index (κ2) is 7.76. The molecule has 7 heteroatoms. The van der Waals surface area contributed by atoms with Crippen molar-refractivity contribution in [2.75, 3.05) is 19.6 Å². The number of H-pyrrole nitrogens is 1. The number of halogens is 1. The van der Waals surface area contributed by atoms with E-state index in [4.69, 9.17) is 11.6 Å². The molecule has 0 radical (unpaired) electrons. The maximum Gasteiger partial charge on any atom is 0.282 e. The van der Waals surface area contributed by atoms with Crippen molar-refractivity contribution in [2.45, 2.75) is 32.7 Å². The van der Waals surface area contributed by atoms with Crippen LogP contribution in [0.2, 0.25) is 5.02 Å². The Labute approximate surface area is 177 Å². The first-order chi connectivity index (χ1) is 13.9. The largest absolute Gasteiger partial charge is 0.357 e. The van der Waals surface area contributed by atoms with Gasteiger partial charge in [0.15, 0.2) is 0 Å². The maximum atomic E-state index is 13.5. The summed E-state index contributed by atoms with van der Waals surface area (Å²) >= 11 is 6.57. The van der Waals surface area contributed by atoms with Crippen molar-refractivity contribution in [3.05, 3.63) is 70.4 Å². The van der Waals surface area contributed by atoms with Crippen LogP contribution in [0.4, 0.5) is 0 Å². The van der Waals surface area contributed by atoms with Crippen LogP contribution in [0.1, 0.15) is 49.6 Å². The Morgan fingerprint density at radius 2 is 1.76 bits per heavy atom. The summed E-state index contributed by atoms with van der Waals surface area (Å²) < 4.78 is 30.0. The molecule has 0 fully saturated rings. The topological polar surface area (TPSA) is 56.4 Å². The minimum atomic E-state index is -3.60. The molecule has 29 heavy (non-hydrogen) atoms. The Balaban J connectivity index is 1.94. The molecule has 154 valence electrons. The molecule has 1 aromatic heterocycles. The molecule has 2 atom stereocenters. The zero-order valence-corrected chi connectivity index (χ0v) is 18.5. The zero-order chi connectivity index (χ0) is 20.8. The van der Waals surface area contributed by atoms with Gasteiger partial charge >= 0.3 is 0 Å². The molecule has 0 bridgehead atoms. The minimum absolute atomic E-state index is 0.142. The van der Waals surface area contributed by atoms with Gasteiger partial charge in [-0.25, -0.2) is 0 Å². The lowest BCUT2D eigenvalue weighted by molar-refractivity contribution is 0.277. The van der Waals surface area contributed by atoms with Crippen molar-refractivity contribution >= 4 is 32.7 Å². The van der Waals surface area contributed by atoms with Crippen LogP contribution in [0.25, 0.3) is 10.9 Å². The van der Waals surface area contributed by atoms with Crippen molar-refractivity contribution in [1.82, 2.24) is 13.6 Å². The van der Waals surface area contributed by atoms with E-state index >= 15 is 0 Å². The Morgan fingerprint density at radius 1 is 1.10 bits per heavy atom. The molecule has 5 nitrogen and oxygen atoms in total. The van der Waals surface area contributed by atoms with E-state index in [0.29, 0.717) is 24.7 Å². The third kappa shape index (κ3) is 3.28. The molecule has 0 spiro atoms. The van der Waals surface area contributed by atoms with E-state index in [2.05, 4.69) is 11.1 Å². The number of hydrogen-bond donors (Lipinski definition) is 1. The predicted octanol–water partition coefficient (Wildman–Crippen LogP) is 4.92. The summed E-state index contributed by atoms with van der Waals surface area (Å²) in [5.74, 6) is -0.142. The number of fused-ring (bicyclic) bond motifs is 3. The van der Waals surface area contributed by atoms with Crippen molar-refractivity contribution in [1.29, 1.82) is 0 Å².